The van der Waals surface area contributed by atoms with Gasteiger partial charge >= 0.3 is 0 Å². The monoisotopic (exact) mass is 254 g/mol. The average Bonchev–Trinajstić information content (AvgIpc) is 2.82. The standard InChI is InChI=1S/C15H14N2O2/c1-3-11-9(2)16-14(17-15(11)18)13-8-10-6-4-5-7-12(10)19-13/h4-8H,3H2,1-2H3,(H,16,17,18). The second kappa shape index (κ2) is 4.39. The highest BCUT2D eigenvalue weighted by molar-refractivity contribution is 5.81. The Labute approximate surface area is 110 Å². The molecule has 0 spiro atoms. The zero-order valence-electron chi connectivity index (χ0n) is 10.9. The molecular formula is C15H14N2O2. The second-order valence-corrected chi connectivity index (χ2v) is 4.48. The van der Waals surface area contributed by atoms with Crippen molar-refractivity contribution in [1.29, 1.82) is 0 Å². The molecule has 2 aromatic heterocycles. The molecule has 1 aromatic carbocycles. The maximum absolute atomic E-state index is 11.9. The first-order valence-electron chi connectivity index (χ1n) is 6.27. The van der Waals surface area contributed by atoms with Gasteiger partial charge in [-0.1, -0.05) is 25.1 Å². The number of nitrogens with zero attached hydrogens (tertiary/aromatic N) is 1. The number of aryl methyl sites for hydroxylation is 1. The van der Waals surface area contributed by atoms with E-state index in [1.807, 2.05) is 44.2 Å². The van der Waals surface area contributed by atoms with Crippen LogP contribution in [0.15, 0.2) is 39.5 Å². The summed E-state index contributed by atoms with van der Waals surface area (Å²) in [6, 6.07) is 9.61. The summed E-state index contributed by atoms with van der Waals surface area (Å²) in [6.45, 7) is 3.79. The number of aromatic nitrogens is 2. The van der Waals surface area contributed by atoms with Gasteiger partial charge in [-0.05, 0) is 25.5 Å². The lowest BCUT2D eigenvalue weighted by atomic mass is 10.2. The second-order valence-electron chi connectivity index (χ2n) is 4.48. The van der Waals surface area contributed by atoms with Gasteiger partial charge in [0, 0.05) is 16.6 Å². The first-order chi connectivity index (χ1) is 9.19. The normalized spacial score (nSPS) is 11.1. The quantitative estimate of drug-likeness (QED) is 0.764. The van der Waals surface area contributed by atoms with E-state index in [0.717, 1.165) is 22.2 Å². The van der Waals surface area contributed by atoms with E-state index < -0.39 is 0 Å². The van der Waals surface area contributed by atoms with Crippen LogP contribution in [0.25, 0.3) is 22.6 Å². The lowest BCUT2D eigenvalue weighted by molar-refractivity contribution is 0.624. The fraction of sp³-hybridized carbons (Fsp3) is 0.200. The van der Waals surface area contributed by atoms with Crippen LogP contribution in [0.2, 0.25) is 0 Å². The van der Waals surface area contributed by atoms with E-state index in [-0.39, 0.29) is 5.56 Å². The lowest BCUT2D eigenvalue weighted by Crippen LogP contribution is -2.16. The van der Waals surface area contributed by atoms with Crippen LogP contribution in [0.4, 0.5) is 0 Å². The van der Waals surface area contributed by atoms with Crippen molar-refractivity contribution in [3.63, 3.8) is 0 Å². The van der Waals surface area contributed by atoms with Crippen LogP contribution in [-0.4, -0.2) is 9.97 Å². The molecule has 0 unspecified atom stereocenters. The molecule has 3 aromatic rings. The smallest absolute Gasteiger partial charge is 0.254 e. The van der Waals surface area contributed by atoms with Crippen molar-refractivity contribution in [2.24, 2.45) is 0 Å². The molecule has 0 saturated carbocycles. The van der Waals surface area contributed by atoms with Gasteiger partial charge in [0.1, 0.15) is 5.58 Å². The van der Waals surface area contributed by atoms with Crippen molar-refractivity contribution in [2.45, 2.75) is 20.3 Å². The van der Waals surface area contributed by atoms with Gasteiger partial charge in [-0.25, -0.2) is 4.98 Å². The molecule has 0 saturated heterocycles. The molecule has 2 heterocycles. The largest absolute Gasteiger partial charge is 0.453 e. The van der Waals surface area contributed by atoms with Crippen molar-refractivity contribution in [3.8, 4) is 11.6 Å². The number of nitrogens with one attached hydrogen (secondary N) is 1. The van der Waals surface area contributed by atoms with Crippen molar-refractivity contribution in [2.75, 3.05) is 0 Å². The van der Waals surface area contributed by atoms with Crippen molar-refractivity contribution < 1.29 is 4.42 Å². The molecule has 0 fully saturated rings. The molecule has 0 radical (unpaired) electrons. The summed E-state index contributed by atoms with van der Waals surface area (Å²) in [5.41, 5.74) is 2.17. The summed E-state index contributed by atoms with van der Waals surface area (Å²) in [6.07, 6.45) is 0.675. The first-order valence-corrected chi connectivity index (χ1v) is 6.27. The lowest BCUT2D eigenvalue weighted by Gasteiger charge is -2.03. The van der Waals surface area contributed by atoms with Crippen LogP contribution in [0.5, 0.6) is 0 Å². The zero-order chi connectivity index (χ0) is 13.4. The maximum atomic E-state index is 11.9. The topological polar surface area (TPSA) is 58.9 Å². The van der Waals surface area contributed by atoms with Crippen LogP contribution in [-0.2, 0) is 6.42 Å². The molecule has 4 nitrogen and oxygen atoms in total. The first kappa shape index (κ1) is 11.7. The van der Waals surface area contributed by atoms with E-state index in [9.17, 15) is 4.79 Å². The van der Waals surface area contributed by atoms with E-state index in [0.29, 0.717) is 18.0 Å². The Morgan fingerprint density at radius 1 is 1.32 bits per heavy atom. The number of aromatic amines is 1. The molecule has 0 aliphatic rings. The van der Waals surface area contributed by atoms with Gasteiger partial charge in [0.15, 0.2) is 11.6 Å². The Bertz CT molecular complexity index is 766. The van der Waals surface area contributed by atoms with Crippen LogP contribution in [0, 0.1) is 6.92 Å². The number of hydrogen-bond donors (Lipinski definition) is 1. The predicted octanol–water partition coefficient (Wildman–Crippen LogP) is 3.05. The minimum atomic E-state index is -0.0922. The number of H-pyrrole nitrogens is 1. The average molecular weight is 254 g/mol. The predicted molar refractivity (Wildman–Crippen MR) is 74.2 cm³/mol. The van der Waals surface area contributed by atoms with Crippen LogP contribution in [0.3, 0.4) is 0 Å². The number of para-hydroxylation sites is 1. The molecule has 96 valence electrons. The van der Waals surface area contributed by atoms with Crippen molar-refractivity contribution in [1.82, 2.24) is 9.97 Å². The number of hydrogen-bond acceptors (Lipinski definition) is 3. The maximum Gasteiger partial charge on any atom is 0.254 e. The van der Waals surface area contributed by atoms with Crippen LogP contribution >= 0.6 is 0 Å². The highest BCUT2D eigenvalue weighted by Gasteiger charge is 2.11. The Morgan fingerprint density at radius 3 is 2.79 bits per heavy atom. The summed E-state index contributed by atoms with van der Waals surface area (Å²) in [5, 5.41) is 0.998. The van der Waals surface area contributed by atoms with Gasteiger partial charge < -0.3 is 9.40 Å². The number of furan rings is 1. The van der Waals surface area contributed by atoms with Gasteiger partial charge in [0.2, 0.25) is 0 Å². The SMILES string of the molecule is CCc1c(C)nc(-c2cc3ccccc3o2)[nH]c1=O. The fourth-order valence-electron chi connectivity index (χ4n) is 2.24. The Balaban J connectivity index is 2.19. The number of rotatable bonds is 2. The fourth-order valence-corrected chi connectivity index (χ4v) is 2.24. The number of benzene rings is 1. The zero-order valence-corrected chi connectivity index (χ0v) is 10.9. The molecule has 0 amide bonds. The van der Waals surface area contributed by atoms with Crippen LogP contribution < -0.4 is 5.56 Å². The van der Waals surface area contributed by atoms with Crippen LogP contribution in [0.1, 0.15) is 18.2 Å². The van der Waals surface area contributed by atoms with E-state index in [2.05, 4.69) is 9.97 Å². The summed E-state index contributed by atoms with van der Waals surface area (Å²) >= 11 is 0. The van der Waals surface area contributed by atoms with E-state index in [1.165, 1.54) is 0 Å². The highest BCUT2D eigenvalue weighted by Crippen LogP contribution is 2.25. The van der Waals surface area contributed by atoms with Gasteiger partial charge in [0.05, 0.1) is 0 Å². The van der Waals surface area contributed by atoms with Crippen molar-refractivity contribution >= 4 is 11.0 Å². The number of fused-ring (bicyclic) bond motifs is 1. The van der Waals surface area contributed by atoms with E-state index in [1.54, 1.807) is 0 Å². The molecule has 0 atom stereocenters. The van der Waals surface area contributed by atoms with Crippen molar-refractivity contribution in [3.05, 3.63) is 51.9 Å². The summed E-state index contributed by atoms with van der Waals surface area (Å²) < 4.78 is 5.70. The Kier molecular flexibility index (Phi) is 2.71. The summed E-state index contributed by atoms with van der Waals surface area (Å²) in [5.74, 6) is 1.07. The highest BCUT2D eigenvalue weighted by atomic mass is 16.3. The molecule has 1 N–H and O–H groups in total. The summed E-state index contributed by atoms with van der Waals surface area (Å²) in [7, 11) is 0. The Hall–Kier alpha value is -2.36. The molecule has 0 aliphatic carbocycles. The van der Waals surface area contributed by atoms with Gasteiger partial charge in [0.25, 0.3) is 5.56 Å². The minimum absolute atomic E-state index is 0.0922. The third kappa shape index (κ3) is 1.95. The van der Waals surface area contributed by atoms with Gasteiger partial charge in [-0.2, -0.15) is 0 Å². The van der Waals surface area contributed by atoms with E-state index in [4.69, 9.17) is 4.42 Å². The molecule has 19 heavy (non-hydrogen) atoms. The Morgan fingerprint density at radius 2 is 2.11 bits per heavy atom. The molecule has 0 bridgehead atoms. The van der Waals surface area contributed by atoms with E-state index >= 15 is 0 Å². The minimum Gasteiger partial charge on any atom is -0.453 e. The third-order valence-corrected chi connectivity index (χ3v) is 3.23. The molecule has 4 heteroatoms. The molecule has 3 rings (SSSR count). The molecule has 0 aliphatic heterocycles. The summed E-state index contributed by atoms with van der Waals surface area (Å²) in [4.78, 5) is 19.1. The van der Waals surface area contributed by atoms with Gasteiger partial charge in [-0.15, -0.1) is 0 Å². The van der Waals surface area contributed by atoms with Gasteiger partial charge in [-0.3, -0.25) is 4.79 Å². The molecular weight excluding hydrogens is 240 g/mol. The third-order valence-electron chi connectivity index (χ3n) is 3.23.